The van der Waals surface area contributed by atoms with Crippen LogP contribution in [0.15, 0.2) is 58.3 Å². The van der Waals surface area contributed by atoms with E-state index < -0.39 is 0 Å². The van der Waals surface area contributed by atoms with Crippen molar-refractivity contribution >= 4 is 23.1 Å². The SMILES string of the molecule is Nc1cccc(N)c1Sc1ccccc1. The molecule has 3 heteroatoms. The number of hydrogen-bond acceptors (Lipinski definition) is 3. The molecule has 0 heterocycles. The molecule has 0 saturated heterocycles. The van der Waals surface area contributed by atoms with Crippen molar-refractivity contribution in [3.05, 3.63) is 48.5 Å². The third kappa shape index (κ3) is 2.25. The first-order valence-corrected chi connectivity index (χ1v) is 5.46. The molecule has 2 aromatic carbocycles. The van der Waals surface area contributed by atoms with Crippen LogP contribution in [-0.4, -0.2) is 0 Å². The monoisotopic (exact) mass is 216 g/mol. The van der Waals surface area contributed by atoms with E-state index in [1.54, 1.807) is 11.8 Å². The Kier molecular flexibility index (Phi) is 2.83. The summed E-state index contributed by atoms with van der Waals surface area (Å²) in [5, 5.41) is 0. The van der Waals surface area contributed by atoms with Gasteiger partial charge in [0.25, 0.3) is 0 Å². The Morgan fingerprint density at radius 2 is 1.33 bits per heavy atom. The van der Waals surface area contributed by atoms with Gasteiger partial charge in [0.1, 0.15) is 0 Å². The smallest absolute Gasteiger partial charge is 0.0581 e. The molecule has 0 spiro atoms. The van der Waals surface area contributed by atoms with Crippen LogP contribution in [0.1, 0.15) is 0 Å². The number of rotatable bonds is 2. The number of nitrogen functional groups attached to an aromatic ring is 2. The fourth-order valence-corrected chi connectivity index (χ4v) is 2.20. The summed E-state index contributed by atoms with van der Waals surface area (Å²) in [6.07, 6.45) is 0. The standard InChI is InChI=1S/C12H12N2S/c13-10-7-4-8-11(14)12(10)15-9-5-2-1-3-6-9/h1-8H,13-14H2. The fourth-order valence-electron chi connectivity index (χ4n) is 1.30. The van der Waals surface area contributed by atoms with E-state index in [0.717, 1.165) is 21.2 Å². The quantitative estimate of drug-likeness (QED) is 0.759. The van der Waals surface area contributed by atoms with Crippen molar-refractivity contribution < 1.29 is 0 Å². The third-order valence-corrected chi connectivity index (χ3v) is 3.22. The van der Waals surface area contributed by atoms with Gasteiger partial charge in [-0.15, -0.1) is 0 Å². The second-order valence-corrected chi connectivity index (χ2v) is 4.26. The van der Waals surface area contributed by atoms with E-state index in [2.05, 4.69) is 0 Å². The van der Waals surface area contributed by atoms with Gasteiger partial charge in [0.2, 0.25) is 0 Å². The van der Waals surface area contributed by atoms with Crippen molar-refractivity contribution in [2.45, 2.75) is 9.79 Å². The summed E-state index contributed by atoms with van der Waals surface area (Å²) in [6.45, 7) is 0. The van der Waals surface area contributed by atoms with E-state index in [4.69, 9.17) is 11.5 Å². The molecule has 0 bridgehead atoms. The Bertz CT molecular complexity index is 434. The molecule has 2 rings (SSSR count). The number of hydrogen-bond donors (Lipinski definition) is 2. The first-order chi connectivity index (χ1) is 7.27. The van der Waals surface area contributed by atoms with Crippen molar-refractivity contribution in [3.63, 3.8) is 0 Å². The Morgan fingerprint density at radius 3 is 1.93 bits per heavy atom. The molecule has 4 N–H and O–H groups in total. The van der Waals surface area contributed by atoms with Crippen LogP contribution in [0.4, 0.5) is 11.4 Å². The third-order valence-electron chi connectivity index (χ3n) is 2.04. The van der Waals surface area contributed by atoms with Crippen molar-refractivity contribution in [2.75, 3.05) is 11.5 Å². The number of nitrogens with two attached hydrogens (primary N) is 2. The minimum atomic E-state index is 0.726. The second-order valence-electron chi connectivity index (χ2n) is 3.18. The molecule has 0 unspecified atom stereocenters. The summed E-state index contributed by atoms with van der Waals surface area (Å²) in [5.41, 5.74) is 13.2. The van der Waals surface area contributed by atoms with Gasteiger partial charge >= 0.3 is 0 Å². The van der Waals surface area contributed by atoms with Gasteiger partial charge in [-0.1, -0.05) is 36.0 Å². The van der Waals surface area contributed by atoms with Crippen LogP contribution in [0, 0.1) is 0 Å². The second kappa shape index (κ2) is 4.28. The molecular formula is C12H12N2S. The number of benzene rings is 2. The van der Waals surface area contributed by atoms with Gasteiger partial charge in [-0.05, 0) is 24.3 Å². The predicted molar refractivity (Wildman–Crippen MR) is 65.8 cm³/mol. The lowest BCUT2D eigenvalue weighted by Gasteiger charge is -2.07. The van der Waals surface area contributed by atoms with Crippen molar-refractivity contribution in [3.8, 4) is 0 Å². The molecule has 0 atom stereocenters. The summed E-state index contributed by atoms with van der Waals surface area (Å²) in [6, 6.07) is 15.6. The van der Waals surface area contributed by atoms with Crippen molar-refractivity contribution in [2.24, 2.45) is 0 Å². The van der Waals surface area contributed by atoms with Crippen molar-refractivity contribution in [1.82, 2.24) is 0 Å². The summed E-state index contributed by atoms with van der Waals surface area (Å²) in [4.78, 5) is 2.07. The summed E-state index contributed by atoms with van der Waals surface area (Å²) < 4.78 is 0. The van der Waals surface area contributed by atoms with Gasteiger partial charge in [0.15, 0.2) is 0 Å². The van der Waals surface area contributed by atoms with Crippen LogP contribution in [-0.2, 0) is 0 Å². The molecule has 0 aliphatic carbocycles. The lowest BCUT2D eigenvalue weighted by molar-refractivity contribution is 1.41. The van der Waals surface area contributed by atoms with Crippen LogP contribution in [0.5, 0.6) is 0 Å². The van der Waals surface area contributed by atoms with Gasteiger partial charge in [0, 0.05) is 16.3 Å². The highest BCUT2D eigenvalue weighted by Gasteiger charge is 2.04. The normalized spacial score (nSPS) is 10.1. The Morgan fingerprint density at radius 1 is 0.733 bits per heavy atom. The zero-order chi connectivity index (χ0) is 10.7. The lowest BCUT2D eigenvalue weighted by atomic mass is 10.3. The van der Waals surface area contributed by atoms with E-state index in [1.807, 2.05) is 48.5 Å². The fraction of sp³-hybridized carbons (Fsp3) is 0. The maximum absolute atomic E-state index is 5.87. The van der Waals surface area contributed by atoms with Crippen LogP contribution in [0.2, 0.25) is 0 Å². The molecule has 2 nitrogen and oxygen atoms in total. The first-order valence-electron chi connectivity index (χ1n) is 4.64. The van der Waals surface area contributed by atoms with Gasteiger partial charge < -0.3 is 11.5 Å². The minimum absolute atomic E-state index is 0.726. The van der Waals surface area contributed by atoms with E-state index >= 15 is 0 Å². The molecule has 0 radical (unpaired) electrons. The molecule has 0 aliphatic heterocycles. The predicted octanol–water partition coefficient (Wildman–Crippen LogP) is 3.00. The van der Waals surface area contributed by atoms with Gasteiger partial charge in [-0.25, -0.2) is 0 Å². The largest absolute Gasteiger partial charge is 0.398 e. The Labute approximate surface area is 93.3 Å². The van der Waals surface area contributed by atoms with Crippen LogP contribution in [0.25, 0.3) is 0 Å². The highest BCUT2D eigenvalue weighted by molar-refractivity contribution is 7.99. The molecule has 0 saturated carbocycles. The summed E-state index contributed by atoms with van der Waals surface area (Å²) in [5.74, 6) is 0. The summed E-state index contributed by atoms with van der Waals surface area (Å²) >= 11 is 1.59. The molecule has 76 valence electrons. The van der Waals surface area contributed by atoms with Crippen LogP contribution in [0.3, 0.4) is 0 Å². The first kappa shape index (κ1) is 9.93. The summed E-state index contributed by atoms with van der Waals surface area (Å²) in [7, 11) is 0. The molecular weight excluding hydrogens is 204 g/mol. The maximum atomic E-state index is 5.87. The van der Waals surface area contributed by atoms with E-state index in [0.29, 0.717) is 0 Å². The molecule has 2 aromatic rings. The molecule has 0 aromatic heterocycles. The molecule has 0 amide bonds. The van der Waals surface area contributed by atoms with Crippen LogP contribution < -0.4 is 11.5 Å². The Balaban J connectivity index is 2.32. The van der Waals surface area contributed by atoms with Gasteiger partial charge in [-0.2, -0.15) is 0 Å². The van der Waals surface area contributed by atoms with E-state index in [1.165, 1.54) is 0 Å². The van der Waals surface area contributed by atoms with Gasteiger partial charge in [-0.3, -0.25) is 0 Å². The highest BCUT2D eigenvalue weighted by Crippen LogP contribution is 2.35. The molecule has 15 heavy (non-hydrogen) atoms. The zero-order valence-electron chi connectivity index (χ0n) is 8.18. The Hall–Kier alpha value is -1.61. The minimum Gasteiger partial charge on any atom is -0.398 e. The zero-order valence-corrected chi connectivity index (χ0v) is 9.00. The van der Waals surface area contributed by atoms with Crippen molar-refractivity contribution in [1.29, 1.82) is 0 Å². The highest BCUT2D eigenvalue weighted by atomic mass is 32.2. The lowest BCUT2D eigenvalue weighted by Crippen LogP contribution is -1.94. The van der Waals surface area contributed by atoms with Gasteiger partial charge in [0.05, 0.1) is 4.90 Å². The molecule has 0 aliphatic rings. The van der Waals surface area contributed by atoms with E-state index in [9.17, 15) is 0 Å². The van der Waals surface area contributed by atoms with E-state index in [-0.39, 0.29) is 0 Å². The maximum Gasteiger partial charge on any atom is 0.0581 e. The average Bonchev–Trinajstić information content (AvgIpc) is 2.25. The average molecular weight is 216 g/mol. The number of anilines is 2. The topological polar surface area (TPSA) is 52.0 Å². The molecule has 0 fully saturated rings. The van der Waals surface area contributed by atoms with Crippen LogP contribution >= 0.6 is 11.8 Å².